The molecule has 0 aliphatic rings. The van der Waals surface area contributed by atoms with E-state index in [2.05, 4.69) is 30.7 Å². The van der Waals surface area contributed by atoms with Crippen molar-refractivity contribution in [3.05, 3.63) is 76.1 Å². The topological polar surface area (TPSA) is 0 Å². The summed E-state index contributed by atoms with van der Waals surface area (Å²) in [5, 5.41) is 1.21. The second kappa shape index (κ2) is 6.09. The van der Waals surface area contributed by atoms with E-state index < -0.39 is 0 Å². The lowest BCUT2D eigenvalue weighted by atomic mass is 10.0. The van der Waals surface area contributed by atoms with Crippen LogP contribution in [0, 0.1) is 6.42 Å². The van der Waals surface area contributed by atoms with Crippen LogP contribution >= 0.6 is 23.2 Å². The van der Waals surface area contributed by atoms with E-state index in [0.29, 0.717) is 10.0 Å². The monoisotopic (exact) mass is 263 g/mol. The van der Waals surface area contributed by atoms with Crippen LogP contribution in [-0.2, 0) is 6.42 Å². The van der Waals surface area contributed by atoms with Crippen molar-refractivity contribution in [2.24, 2.45) is 0 Å². The third kappa shape index (κ3) is 3.76. The largest absolute Gasteiger partial charge is 0.0827 e. The number of rotatable bonds is 4. The van der Waals surface area contributed by atoms with Gasteiger partial charge in [0.05, 0.1) is 10.0 Å². The van der Waals surface area contributed by atoms with Crippen LogP contribution in [0.1, 0.15) is 17.5 Å². The maximum absolute atomic E-state index is 5.96. The van der Waals surface area contributed by atoms with E-state index in [1.807, 2.05) is 24.3 Å². The molecule has 0 fully saturated rings. The van der Waals surface area contributed by atoms with Crippen LogP contribution in [0.25, 0.3) is 0 Å². The van der Waals surface area contributed by atoms with Gasteiger partial charge in [0.25, 0.3) is 0 Å². The smallest absolute Gasteiger partial charge is 0.0595 e. The Labute approximate surface area is 112 Å². The molecule has 0 N–H and O–H groups in total. The van der Waals surface area contributed by atoms with Crippen molar-refractivity contribution in [2.45, 2.75) is 12.8 Å². The zero-order valence-corrected chi connectivity index (χ0v) is 10.9. The Morgan fingerprint density at radius 2 is 1.65 bits per heavy atom. The molecule has 17 heavy (non-hydrogen) atoms. The standard InChI is InChI=1S/C15H13Cl2/c16-14-10-9-13(11-15(14)17)8-4-7-12-5-2-1-3-6-12/h1-3,5-6,8-11H,4,7H2. The van der Waals surface area contributed by atoms with Crippen molar-refractivity contribution >= 4 is 23.2 Å². The molecule has 2 aromatic rings. The van der Waals surface area contributed by atoms with Gasteiger partial charge in [-0.3, -0.25) is 0 Å². The summed E-state index contributed by atoms with van der Waals surface area (Å²) in [6.07, 6.45) is 4.22. The Morgan fingerprint density at radius 3 is 2.35 bits per heavy atom. The minimum absolute atomic E-state index is 0.604. The molecule has 1 radical (unpaired) electrons. The van der Waals surface area contributed by atoms with E-state index in [0.717, 1.165) is 18.4 Å². The highest BCUT2D eigenvalue weighted by Gasteiger charge is 2.00. The first-order chi connectivity index (χ1) is 8.25. The first-order valence-corrected chi connectivity index (χ1v) is 6.33. The van der Waals surface area contributed by atoms with Crippen LogP contribution in [0.3, 0.4) is 0 Å². The summed E-state index contributed by atoms with van der Waals surface area (Å²) < 4.78 is 0. The SMILES string of the molecule is Clc1ccc([CH]CCc2ccccc2)cc1Cl. The van der Waals surface area contributed by atoms with Crippen LogP contribution < -0.4 is 0 Å². The van der Waals surface area contributed by atoms with E-state index in [-0.39, 0.29) is 0 Å². The summed E-state index contributed by atoms with van der Waals surface area (Å²) in [5.74, 6) is 0. The van der Waals surface area contributed by atoms with Gasteiger partial charge in [-0.1, -0.05) is 59.6 Å². The number of hydrogen-bond acceptors (Lipinski definition) is 0. The van der Waals surface area contributed by atoms with Crippen molar-refractivity contribution in [1.29, 1.82) is 0 Å². The van der Waals surface area contributed by atoms with Gasteiger partial charge in [-0.25, -0.2) is 0 Å². The zero-order valence-electron chi connectivity index (χ0n) is 9.37. The van der Waals surface area contributed by atoms with Crippen LogP contribution in [0.2, 0.25) is 10.0 Å². The van der Waals surface area contributed by atoms with E-state index in [4.69, 9.17) is 23.2 Å². The van der Waals surface area contributed by atoms with Crippen LogP contribution in [0.4, 0.5) is 0 Å². The molecule has 87 valence electrons. The minimum atomic E-state index is 0.604. The maximum Gasteiger partial charge on any atom is 0.0595 e. The fraction of sp³-hybridized carbons (Fsp3) is 0.133. The van der Waals surface area contributed by atoms with Gasteiger partial charge < -0.3 is 0 Å². The van der Waals surface area contributed by atoms with Crippen molar-refractivity contribution in [1.82, 2.24) is 0 Å². The Bertz CT molecular complexity index is 478. The molecule has 0 atom stereocenters. The van der Waals surface area contributed by atoms with Crippen molar-refractivity contribution in [2.75, 3.05) is 0 Å². The summed E-state index contributed by atoms with van der Waals surface area (Å²) in [6, 6.07) is 16.2. The average molecular weight is 264 g/mol. The summed E-state index contributed by atoms with van der Waals surface area (Å²) in [7, 11) is 0. The highest BCUT2D eigenvalue weighted by atomic mass is 35.5. The number of halogens is 2. The molecule has 0 aliphatic heterocycles. The molecular formula is C15H13Cl2. The van der Waals surface area contributed by atoms with Crippen LogP contribution in [-0.4, -0.2) is 0 Å². The average Bonchev–Trinajstić information content (AvgIpc) is 2.35. The predicted molar refractivity (Wildman–Crippen MR) is 74.6 cm³/mol. The lowest BCUT2D eigenvalue weighted by Gasteiger charge is -2.03. The van der Waals surface area contributed by atoms with Crippen molar-refractivity contribution < 1.29 is 0 Å². The lowest BCUT2D eigenvalue weighted by Crippen LogP contribution is -1.87. The van der Waals surface area contributed by atoms with Gasteiger partial charge in [-0.15, -0.1) is 0 Å². The Balaban J connectivity index is 1.88. The first kappa shape index (κ1) is 12.5. The van der Waals surface area contributed by atoms with Gasteiger partial charge in [-0.05, 0) is 42.5 Å². The number of benzene rings is 2. The molecule has 0 aromatic heterocycles. The molecule has 0 saturated carbocycles. The first-order valence-electron chi connectivity index (χ1n) is 5.58. The molecule has 0 heterocycles. The molecule has 0 saturated heterocycles. The lowest BCUT2D eigenvalue weighted by molar-refractivity contribution is 0.951. The Hall–Kier alpha value is -0.980. The normalized spacial score (nSPS) is 10.5. The van der Waals surface area contributed by atoms with E-state index in [9.17, 15) is 0 Å². The highest BCUT2D eigenvalue weighted by molar-refractivity contribution is 6.42. The third-order valence-electron chi connectivity index (χ3n) is 2.60. The van der Waals surface area contributed by atoms with Gasteiger partial charge in [-0.2, -0.15) is 0 Å². The summed E-state index contributed by atoms with van der Waals surface area (Å²) in [4.78, 5) is 0. The molecule has 0 amide bonds. The second-order valence-corrected chi connectivity index (χ2v) is 4.72. The molecule has 0 nitrogen and oxygen atoms in total. The van der Waals surface area contributed by atoms with Crippen LogP contribution in [0.15, 0.2) is 48.5 Å². The molecule has 0 bridgehead atoms. The third-order valence-corrected chi connectivity index (χ3v) is 3.34. The quantitative estimate of drug-likeness (QED) is 0.713. The van der Waals surface area contributed by atoms with Gasteiger partial charge in [0.15, 0.2) is 0 Å². The fourth-order valence-electron chi connectivity index (χ4n) is 1.69. The highest BCUT2D eigenvalue weighted by Crippen LogP contribution is 2.23. The fourth-order valence-corrected chi connectivity index (χ4v) is 2.00. The molecule has 0 spiro atoms. The summed E-state index contributed by atoms with van der Waals surface area (Å²) >= 11 is 11.8. The molecular weight excluding hydrogens is 251 g/mol. The minimum Gasteiger partial charge on any atom is -0.0827 e. The zero-order chi connectivity index (χ0) is 12.1. The molecule has 0 aliphatic carbocycles. The maximum atomic E-state index is 5.96. The second-order valence-electron chi connectivity index (χ2n) is 3.90. The van der Waals surface area contributed by atoms with Crippen LogP contribution in [0.5, 0.6) is 0 Å². The molecule has 2 aromatic carbocycles. The van der Waals surface area contributed by atoms with Gasteiger partial charge >= 0.3 is 0 Å². The molecule has 0 unspecified atom stereocenters. The Morgan fingerprint density at radius 1 is 0.882 bits per heavy atom. The van der Waals surface area contributed by atoms with Gasteiger partial charge in [0, 0.05) is 0 Å². The van der Waals surface area contributed by atoms with Gasteiger partial charge in [0.2, 0.25) is 0 Å². The van der Waals surface area contributed by atoms with Crippen molar-refractivity contribution in [3.8, 4) is 0 Å². The van der Waals surface area contributed by atoms with Crippen molar-refractivity contribution in [3.63, 3.8) is 0 Å². The molecule has 2 rings (SSSR count). The van der Waals surface area contributed by atoms with E-state index >= 15 is 0 Å². The number of hydrogen-bond donors (Lipinski definition) is 0. The van der Waals surface area contributed by atoms with E-state index in [1.165, 1.54) is 5.56 Å². The number of aryl methyl sites for hydroxylation is 1. The Kier molecular flexibility index (Phi) is 4.47. The predicted octanol–water partition coefficient (Wildman–Crippen LogP) is 5.18. The molecule has 2 heteroatoms. The van der Waals surface area contributed by atoms with Gasteiger partial charge in [0.1, 0.15) is 0 Å². The summed E-state index contributed by atoms with van der Waals surface area (Å²) in [5.41, 5.74) is 2.47. The van der Waals surface area contributed by atoms with E-state index in [1.54, 1.807) is 0 Å². The summed E-state index contributed by atoms with van der Waals surface area (Å²) in [6.45, 7) is 0.